The summed E-state index contributed by atoms with van der Waals surface area (Å²) in [5.41, 5.74) is 0. The summed E-state index contributed by atoms with van der Waals surface area (Å²) in [6.07, 6.45) is 3.62. The van der Waals surface area contributed by atoms with Crippen molar-refractivity contribution >= 4 is 0 Å². The van der Waals surface area contributed by atoms with E-state index in [2.05, 4.69) is 10.1 Å². The van der Waals surface area contributed by atoms with Crippen molar-refractivity contribution < 1.29 is 4.74 Å². The third-order valence-corrected chi connectivity index (χ3v) is 1.26. The van der Waals surface area contributed by atoms with Gasteiger partial charge in [-0.15, -0.1) is 0 Å². The Morgan fingerprint density at radius 1 is 1.78 bits per heavy atom. The molecule has 4 heteroatoms. The Kier molecular flexibility index (Phi) is 0.989. The fraction of sp³-hybridized carbons (Fsp3) is 0.600. The van der Waals surface area contributed by atoms with Crippen molar-refractivity contribution in [2.75, 3.05) is 6.61 Å². The Bertz CT molecular complexity index is 180. The third kappa shape index (κ3) is 1.08. The van der Waals surface area contributed by atoms with Gasteiger partial charge in [0.1, 0.15) is 18.8 Å². The Balaban J connectivity index is 1.99. The molecule has 0 aromatic carbocycles. The second kappa shape index (κ2) is 1.80. The standard InChI is InChI=1S/C5H7N3O/c1(5-2-9-5)8-4-6-3-7-8/h3-5H,1-2H2/t5-/m1/s1. The summed E-state index contributed by atoms with van der Waals surface area (Å²) >= 11 is 0. The molecule has 0 N–H and O–H groups in total. The van der Waals surface area contributed by atoms with Crippen LogP contribution in [-0.4, -0.2) is 27.5 Å². The molecule has 0 aliphatic carbocycles. The summed E-state index contributed by atoms with van der Waals surface area (Å²) < 4.78 is 6.77. The van der Waals surface area contributed by atoms with Gasteiger partial charge >= 0.3 is 0 Å². The normalized spacial score (nSPS) is 24.2. The Morgan fingerprint density at radius 2 is 2.67 bits per heavy atom. The SMILES string of the molecule is c1ncn(C[C@@H]2CO2)n1. The van der Waals surface area contributed by atoms with Gasteiger partial charge < -0.3 is 4.74 Å². The monoisotopic (exact) mass is 125 g/mol. The van der Waals surface area contributed by atoms with Crippen LogP contribution in [0.2, 0.25) is 0 Å². The van der Waals surface area contributed by atoms with Crippen molar-refractivity contribution in [2.45, 2.75) is 12.6 Å². The molecular formula is C5H7N3O. The summed E-state index contributed by atoms with van der Waals surface area (Å²) in [4.78, 5) is 3.80. The quantitative estimate of drug-likeness (QED) is 0.508. The van der Waals surface area contributed by atoms with Gasteiger partial charge in [-0.1, -0.05) is 0 Å². The van der Waals surface area contributed by atoms with E-state index >= 15 is 0 Å². The summed E-state index contributed by atoms with van der Waals surface area (Å²) in [6, 6.07) is 0. The van der Waals surface area contributed by atoms with Crippen LogP contribution in [0.15, 0.2) is 12.7 Å². The van der Waals surface area contributed by atoms with Crippen LogP contribution in [0.3, 0.4) is 0 Å². The number of epoxide rings is 1. The number of nitrogens with zero attached hydrogens (tertiary/aromatic N) is 3. The molecule has 2 rings (SSSR count). The van der Waals surface area contributed by atoms with E-state index in [0.29, 0.717) is 6.10 Å². The fourth-order valence-electron chi connectivity index (χ4n) is 0.709. The van der Waals surface area contributed by atoms with Crippen molar-refractivity contribution in [3.05, 3.63) is 12.7 Å². The second-order valence-corrected chi connectivity index (χ2v) is 2.07. The first-order valence-electron chi connectivity index (χ1n) is 2.89. The van der Waals surface area contributed by atoms with Gasteiger partial charge in [0.2, 0.25) is 0 Å². The molecule has 0 unspecified atom stereocenters. The fourth-order valence-corrected chi connectivity index (χ4v) is 0.709. The number of rotatable bonds is 2. The average Bonchev–Trinajstić information content (AvgIpc) is 2.46. The molecule has 9 heavy (non-hydrogen) atoms. The van der Waals surface area contributed by atoms with Crippen LogP contribution < -0.4 is 0 Å². The smallest absolute Gasteiger partial charge is 0.137 e. The van der Waals surface area contributed by atoms with Crippen molar-refractivity contribution in [2.24, 2.45) is 0 Å². The summed E-state index contributed by atoms with van der Waals surface area (Å²) in [5.74, 6) is 0. The van der Waals surface area contributed by atoms with Crippen LogP contribution in [0.25, 0.3) is 0 Å². The second-order valence-electron chi connectivity index (χ2n) is 2.07. The first kappa shape index (κ1) is 4.93. The van der Waals surface area contributed by atoms with Crippen molar-refractivity contribution in [3.8, 4) is 0 Å². The molecule has 1 aliphatic rings. The minimum atomic E-state index is 0.395. The summed E-state index contributed by atoms with van der Waals surface area (Å²) in [7, 11) is 0. The molecule has 1 aliphatic heterocycles. The van der Waals surface area contributed by atoms with E-state index in [-0.39, 0.29) is 0 Å². The van der Waals surface area contributed by atoms with E-state index in [1.807, 2.05) is 0 Å². The highest BCUT2D eigenvalue weighted by Crippen LogP contribution is 2.09. The maximum atomic E-state index is 4.99. The summed E-state index contributed by atoms with van der Waals surface area (Å²) in [6.45, 7) is 1.72. The highest BCUT2D eigenvalue weighted by Gasteiger charge is 2.22. The van der Waals surface area contributed by atoms with Crippen molar-refractivity contribution in [3.63, 3.8) is 0 Å². The number of hydrogen-bond donors (Lipinski definition) is 0. The van der Waals surface area contributed by atoms with Crippen LogP contribution >= 0.6 is 0 Å². The topological polar surface area (TPSA) is 43.2 Å². The Labute approximate surface area is 52.5 Å². The molecule has 0 radical (unpaired) electrons. The highest BCUT2D eigenvalue weighted by atomic mass is 16.6. The van der Waals surface area contributed by atoms with Crippen LogP contribution in [0, 0.1) is 0 Å². The minimum absolute atomic E-state index is 0.395. The van der Waals surface area contributed by atoms with E-state index in [9.17, 15) is 0 Å². The van der Waals surface area contributed by atoms with Gasteiger partial charge in [-0.2, -0.15) is 5.10 Å². The van der Waals surface area contributed by atoms with Gasteiger partial charge in [-0.25, -0.2) is 4.98 Å². The lowest BCUT2D eigenvalue weighted by molar-refractivity contribution is 0.373. The van der Waals surface area contributed by atoms with Crippen LogP contribution in [0.1, 0.15) is 0 Å². The lowest BCUT2D eigenvalue weighted by atomic mass is 10.5. The average molecular weight is 125 g/mol. The van der Waals surface area contributed by atoms with Crippen molar-refractivity contribution in [1.82, 2.24) is 14.8 Å². The lowest BCUT2D eigenvalue weighted by Gasteiger charge is -1.91. The van der Waals surface area contributed by atoms with Crippen LogP contribution in [-0.2, 0) is 11.3 Å². The van der Waals surface area contributed by atoms with Crippen LogP contribution in [0.5, 0.6) is 0 Å². The van der Waals surface area contributed by atoms with E-state index in [1.165, 1.54) is 6.33 Å². The van der Waals surface area contributed by atoms with Gasteiger partial charge in [0.15, 0.2) is 0 Å². The molecular weight excluding hydrogens is 118 g/mol. The molecule has 0 saturated carbocycles. The first-order chi connectivity index (χ1) is 4.45. The molecule has 1 aromatic heterocycles. The maximum absolute atomic E-state index is 4.99. The number of hydrogen-bond acceptors (Lipinski definition) is 3. The summed E-state index contributed by atoms with van der Waals surface area (Å²) in [5, 5.41) is 3.92. The largest absolute Gasteiger partial charge is 0.371 e. The predicted molar refractivity (Wildman–Crippen MR) is 29.8 cm³/mol. The number of aromatic nitrogens is 3. The van der Waals surface area contributed by atoms with Gasteiger partial charge in [-0.05, 0) is 0 Å². The predicted octanol–water partition coefficient (Wildman–Crippen LogP) is -0.323. The molecule has 4 nitrogen and oxygen atoms in total. The van der Waals surface area contributed by atoms with E-state index < -0.39 is 0 Å². The van der Waals surface area contributed by atoms with Crippen LogP contribution in [0.4, 0.5) is 0 Å². The molecule has 0 bridgehead atoms. The van der Waals surface area contributed by atoms with E-state index in [4.69, 9.17) is 4.74 Å². The highest BCUT2D eigenvalue weighted by molar-refractivity contribution is 4.69. The van der Waals surface area contributed by atoms with Gasteiger partial charge in [0.05, 0.1) is 13.2 Å². The van der Waals surface area contributed by atoms with Gasteiger partial charge in [-0.3, -0.25) is 4.68 Å². The zero-order valence-electron chi connectivity index (χ0n) is 4.90. The van der Waals surface area contributed by atoms with E-state index in [0.717, 1.165) is 13.2 Å². The number of ether oxygens (including phenoxy) is 1. The third-order valence-electron chi connectivity index (χ3n) is 1.26. The molecule has 0 spiro atoms. The minimum Gasteiger partial charge on any atom is -0.371 e. The zero-order chi connectivity index (χ0) is 6.10. The molecule has 1 atom stereocenters. The molecule has 48 valence electrons. The Hall–Kier alpha value is -0.900. The van der Waals surface area contributed by atoms with Gasteiger partial charge in [0, 0.05) is 0 Å². The molecule has 1 aromatic rings. The molecule has 2 heterocycles. The van der Waals surface area contributed by atoms with Gasteiger partial charge in [0.25, 0.3) is 0 Å². The molecule has 1 fully saturated rings. The van der Waals surface area contributed by atoms with Crippen molar-refractivity contribution in [1.29, 1.82) is 0 Å². The lowest BCUT2D eigenvalue weighted by Crippen LogP contribution is -2.03. The molecule has 1 saturated heterocycles. The maximum Gasteiger partial charge on any atom is 0.137 e. The van der Waals surface area contributed by atoms with E-state index in [1.54, 1.807) is 11.0 Å². The molecule has 0 amide bonds. The zero-order valence-corrected chi connectivity index (χ0v) is 4.90. The Morgan fingerprint density at radius 3 is 3.22 bits per heavy atom. The first-order valence-corrected chi connectivity index (χ1v) is 2.89.